The number of unbranched alkanes of at least 4 members (excludes halogenated alkanes) is 5. The molecule has 0 spiro atoms. The number of aromatic amines is 1. The minimum atomic E-state index is -0.659. The number of halogens is 2. The lowest BCUT2D eigenvalue weighted by molar-refractivity contribution is -0.135. The number of piperidine rings is 1. The number of hydrazine groups is 1. The van der Waals surface area contributed by atoms with Gasteiger partial charge in [0.15, 0.2) is 0 Å². The number of fused-ring (bicyclic) bond motifs is 3. The molecule has 4 aromatic rings. The van der Waals surface area contributed by atoms with Gasteiger partial charge in [0.25, 0.3) is 0 Å². The summed E-state index contributed by atoms with van der Waals surface area (Å²) in [6.07, 6.45) is 23.2. The fourth-order valence-corrected chi connectivity index (χ4v) is 9.89. The molecule has 80 heavy (non-hydrogen) atoms. The van der Waals surface area contributed by atoms with Crippen molar-refractivity contribution in [3.05, 3.63) is 154 Å². The van der Waals surface area contributed by atoms with Crippen molar-refractivity contribution in [3.8, 4) is 0 Å². The number of benzene rings is 3. The normalized spacial score (nSPS) is 14.6. The number of aromatic nitrogens is 1. The van der Waals surface area contributed by atoms with Crippen LogP contribution in [0.5, 0.6) is 0 Å². The number of carbonyl (C=O) groups excluding carboxylic acids is 2. The van der Waals surface area contributed by atoms with E-state index >= 15 is 0 Å². The van der Waals surface area contributed by atoms with Crippen LogP contribution in [0.15, 0.2) is 121 Å². The first-order valence-electron chi connectivity index (χ1n) is 28.0. The molecule has 1 saturated heterocycles. The third-order valence-corrected chi connectivity index (χ3v) is 14.9. The van der Waals surface area contributed by atoms with Crippen molar-refractivity contribution >= 4 is 69.9 Å². The van der Waals surface area contributed by atoms with Gasteiger partial charge >= 0.3 is 0 Å². The number of amides is 2. The molecule has 2 aliphatic rings. The first kappa shape index (κ1) is 66.4. The first-order chi connectivity index (χ1) is 38.7. The fourth-order valence-electron chi connectivity index (χ4n) is 9.49. The van der Waals surface area contributed by atoms with Gasteiger partial charge in [-0.2, -0.15) is 0 Å². The zero-order valence-corrected chi connectivity index (χ0v) is 49.2. The number of hydrogen-bond donors (Lipinski definition) is 9. The van der Waals surface area contributed by atoms with Crippen LogP contribution >= 0.6 is 23.2 Å². The molecule has 2 amide bonds. The summed E-state index contributed by atoms with van der Waals surface area (Å²) >= 11 is 12.9. The van der Waals surface area contributed by atoms with E-state index in [4.69, 9.17) is 34.8 Å². The molecular formula is C62H90Cl2N12O4. The highest BCUT2D eigenvalue weighted by molar-refractivity contribution is 6.45. The van der Waals surface area contributed by atoms with E-state index in [-0.39, 0.29) is 11.8 Å². The molecule has 0 atom stereocenters. The van der Waals surface area contributed by atoms with Crippen LogP contribution in [0, 0.1) is 0 Å². The van der Waals surface area contributed by atoms with Crippen LogP contribution in [0.25, 0.3) is 22.3 Å². The number of allylic oxidation sites excluding steroid dienone is 3. The van der Waals surface area contributed by atoms with Crippen molar-refractivity contribution in [2.24, 2.45) is 21.6 Å². The van der Waals surface area contributed by atoms with E-state index in [1.54, 1.807) is 34.6 Å². The van der Waals surface area contributed by atoms with E-state index in [0.717, 1.165) is 105 Å². The van der Waals surface area contributed by atoms with Crippen LogP contribution in [0.3, 0.4) is 0 Å². The number of hydrogen-bond acceptors (Lipinski definition) is 12. The van der Waals surface area contributed by atoms with Gasteiger partial charge in [-0.3, -0.25) is 14.6 Å². The Balaban J connectivity index is 0.000000298. The van der Waals surface area contributed by atoms with Crippen LogP contribution in [0.2, 0.25) is 10.0 Å². The minimum absolute atomic E-state index is 0.0552. The first-order valence-corrected chi connectivity index (χ1v) is 28.8. The summed E-state index contributed by atoms with van der Waals surface area (Å²) in [6, 6.07) is 20.5. The maximum Gasteiger partial charge on any atom is 0.248 e. The summed E-state index contributed by atoms with van der Waals surface area (Å²) in [5.41, 5.74) is 14.8. The van der Waals surface area contributed by atoms with E-state index in [1.807, 2.05) is 32.3 Å². The fraction of sp³-hybridized carbons (Fsp3) is 0.452. The molecule has 16 nitrogen and oxygen atoms in total. The molecule has 3 heterocycles. The lowest BCUT2D eigenvalue weighted by atomic mass is 9.86. The molecule has 3 aromatic carbocycles. The highest BCUT2D eigenvalue weighted by Gasteiger charge is 2.32. The monoisotopic (exact) mass is 1140 g/mol. The third kappa shape index (κ3) is 22.8. The SMILES string of the molecule is C=CCCc1ccccc1.C=CCNCc1ccc(/C(=C(/CCC2(O)CCN(C)CC2)NC=NC=C)N(C)N)cc1.CNCCCCCCCCC(=O)NCCN=C/C=C(\N)c1cc(Cl)c(Cl)c2[nH]c3c(c12)CN(C(=O)CO)CC3. The van der Waals surface area contributed by atoms with Crippen molar-refractivity contribution in [1.82, 2.24) is 41.1 Å². The van der Waals surface area contributed by atoms with Gasteiger partial charge in [-0.15, -0.1) is 13.2 Å². The number of aliphatic imine (C=N–C) groups is 2. The third-order valence-electron chi connectivity index (χ3n) is 14.1. The van der Waals surface area contributed by atoms with E-state index in [9.17, 15) is 19.8 Å². The van der Waals surface area contributed by atoms with Crippen LogP contribution in [0.1, 0.15) is 111 Å². The van der Waals surface area contributed by atoms with Crippen LogP contribution in [-0.2, 0) is 35.5 Å². The smallest absolute Gasteiger partial charge is 0.248 e. The molecule has 1 fully saturated rings. The second kappa shape index (κ2) is 37.0. The zero-order chi connectivity index (χ0) is 58.1. The highest BCUT2D eigenvalue weighted by Crippen LogP contribution is 2.40. The van der Waals surface area contributed by atoms with Crippen molar-refractivity contribution < 1.29 is 19.8 Å². The van der Waals surface area contributed by atoms with Gasteiger partial charge in [0.1, 0.15) is 6.61 Å². The number of rotatable bonds is 30. The average molecular weight is 1140 g/mol. The van der Waals surface area contributed by atoms with Crippen LogP contribution in [-0.4, -0.2) is 134 Å². The Morgan fingerprint density at radius 3 is 2.31 bits per heavy atom. The number of aliphatic hydroxyl groups excluding tert-OH is 1. The molecule has 2 aliphatic heterocycles. The van der Waals surface area contributed by atoms with E-state index in [1.165, 1.54) is 43.0 Å². The second-order valence-corrected chi connectivity index (χ2v) is 21.1. The molecule has 436 valence electrons. The average Bonchev–Trinajstić information content (AvgIpc) is 4.07. The number of aryl methyl sites for hydroxylation is 1. The Morgan fingerprint density at radius 1 is 0.938 bits per heavy atom. The number of nitrogens with two attached hydrogens (primary N) is 2. The van der Waals surface area contributed by atoms with Gasteiger partial charge in [-0.25, -0.2) is 10.8 Å². The van der Waals surface area contributed by atoms with Gasteiger partial charge in [-0.1, -0.05) is 122 Å². The van der Waals surface area contributed by atoms with Gasteiger partial charge in [0.2, 0.25) is 11.8 Å². The summed E-state index contributed by atoms with van der Waals surface area (Å²) in [4.78, 5) is 39.8. The Hall–Kier alpha value is -6.08. The highest BCUT2D eigenvalue weighted by atomic mass is 35.5. The summed E-state index contributed by atoms with van der Waals surface area (Å²) in [6.45, 7) is 16.7. The molecule has 0 saturated carbocycles. The molecule has 0 radical (unpaired) electrons. The van der Waals surface area contributed by atoms with Crippen molar-refractivity contribution in [1.29, 1.82) is 0 Å². The predicted molar refractivity (Wildman–Crippen MR) is 334 cm³/mol. The maximum atomic E-state index is 12.1. The quantitative estimate of drug-likeness (QED) is 0.00598. The number of H-pyrrole nitrogens is 1. The molecule has 1 aromatic heterocycles. The molecule has 0 bridgehead atoms. The van der Waals surface area contributed by atoms with Crippen LogP contribution in [0.4, 0.5) is 0 Å². The number of carbonyl (C=O) groups is 2. The number of nitrogens with zero attached hydrogens (tertiary/aromatic N) is 5. The summed E-state index contributed by atoms with van der Waals surface area (Å²) in [7, 11) is 5.89. The van der Waals surface area contributed by atoms with Crippen molar-refractivity contribution in [2.75, 3.05) is 73.6 Å². The Labute approximate surface area is 486 Å². The van der Waals surface area contributed by atoms with Gasteiger partial charge in [-0.05, 0) is 95.3 Å². The second-order valence-electron chi connectivity index (χ2n) is 20.3. The molecule has 6 rings (SSSR count). The van der Waals surface area contributed by atoms with E-state index in [2.05, 4.69) is 116 Å². The zero-order valence-electron chi connectivity index (χ0n) is 47.7. The molecule has 11 N–H and O–H groups in total. The predicted octanol–water partition coefficient (Wildman–Crippen LogP) is 9.03. The Morgan fingerprint density at radius 2 is 1.65 bits per heavy atom. The topological polar surface area (TPSA) is 225 Å². The van der Waals surface area contributed by atoms with E-state index < -0.39 is 12.2 Å². The van der Waals surface area contributed by atoms with Crippen molar-refractivity contribution in [2.45, 2.75) is 109 Å². The number of likely N-dealkylation sites (tertiary alicyclic amines) is 1. The standard InChI is InChI=1S/C28H40Cl2N6O3.C24H38N6O.C10H12/c1-32-11-7-5-3-2-4-6-8-24(38)34-14-13-33-12-9-22(31)19-16-21(29)27(30)28-26(19)20-17-36(25(39)18-37)15-10-23(20)35-28;1-5-15-27-18-20-7-9-21(10-8-20)23(30(4)25)22(28-19-26-6-2)11-12-24(31)13-16-29(3)17-14-24;1-2-3-7-10-8-5-4-6-9-10/h9,12,16,32,35,37H,2-8,10-11,13-15,17-18,31H2,1H3,(H,34,38);5-10,19,27,31H,1-2,11-18,25H2,3-4H3,(H,26,28);2,4-6,8-9H,1,3,7H2/b22-9-,33-12?;23-22+;. The Kier molecular flexibility index (Phi) is 30.8. The maximum absolute atomic E-state index is 12.1. The van der Waals surface area contributed by atoms with Crippen molar-refractivity contribution in [3.63, 3.8) is 0 Å². The lowest BCUT2D eigenvalue weighted by Crippen LogP contribution is -2.43. The number of nitrogens with one attached hydrogen (secondary N) is 5. The van der Waals surface area contributed by atoms with Gasteiger partial charge in [0, 0.05) is 117 Å². The summed E-state index contributed by atoms with van der Waals surface area (Å²) in [5.74, 6) is 5.98. The molecule has 0 aliphatic carbocycles. The molecule has 18 heteroatoms. The lowest BCUT2D eigenvalue weighted by Gasteiger charge is -2.37. The Bertz CT molecular complexity index is 2660. The van der Waals surface area contributed by atoms with E-state index in [0.29, 0.717) is 78.7 Å². The van der Waals surface area contributed by atoms with Gasteiger partial charge in [0.05, 0.1) is 39.7 Å². The minimum Gasteiger partial charge on any atom is -0.398 e. The largest absolute Gasteiger partial charge is 0.398 e. The van der Waals surface area contributed by atoms with Gasteiger partial charge < -0.3 is 57.0 Å². The number of aliphatic hydroxyl groups is 2. The molecular weight excluding hydrogens is 1050 g/mol. The molecule has 0 unspecified atom stereocenters. The summed E-state index contributed by atoms with van der Waals surface area (Å²) < 4.78 is 0. The summed E-state index contributed by atoms with van der Waals surface area (Å²) in [5, 5.41) is 36.2. The van der Waals surface area contributed by atoms with Crippen LogP contribution < -0.4 is 32.8 Å².